The van der Waals surface area contributed by atoms with Gasteiger partial charge < -0.3 is 15.1 Å². The van der Waals surface area contributed by atoms with Gasteiger partial charge in [-0.05, 0) is 36.3 Å². The highest BCUT2D eigenvalue weighted by molar-refractivity contribution is 6.31. The molecule has 4 rings (SSSR count). The third-order valence-electron chi connectivity index (χ3n) is 6.88. The number of piperidine rings is 2. The van der Waals surface area contributed by atoms with Gasteiger partial charge in [-0.1, -0.05) is 43.6 Å². The number of carbonyl (C=O) groups excluding carboxylic acids is 1. The van der Waals surface area contributed by atoms with Gasteiger partial charge in [0.25, 0.3) is 5.92 Å². The number of alkyl halides is 2. The molecule has 1 spiro atoms. The average Bonchev–Trinajstić information content (AvgIpc) is 2.58. The fraction of sp³-hybridized carbons (Fsp3) is 0.667. The Hall–Kier alpha value is -1.40. The van der Waals surface area contributed by atoms with E-state index in [2.05, 4.69) is 19.2 Å². The van der Waals surface area contributed by atoms with E-state index in [0.29, 0.717) is 37.6 Å². The summed E-state index contributed by atoms with van der Waals surface area (Å²) in [6.07, 6.45) is 1.95. The van der Waals surface area contributed by atoms with Crippen LogP contribution in [0.25, 0.3) is 0 Å². The number of nitrogens with one attached hydrogen (secondary N) is 1. The normalized spacial score (nSPS) is 28.1. The van der Waals surface area contributed by atoms with Crippen molar-refractivity contribution in [2.75, 3.05) is 32.7 Å². The SMILES string of the molecule is CC1(C)CCN(C(=O)N2CCC3(CNC3)C(F)(F)C2)C(c2ccccc2Cl)C1. The van der Waals surface area contributed by atoms with Crippen molar-refractivity contribution in [3.63, 3.8) is 0 Å². The number of carbonyl (C=O) groups is 1. The monoisotopic (exact) mass is 411 g/mol. The van der Waals surface area contributed by atoms with Crippen LogP contribution in [0.5, 0.6) is 0 Å². The first-order valence-electron chi connectivity index (χ1n) is 10.0. The van der Waals surface area contributed by atoms with Crippen molar-refractivity contribution in [3.05, 3.63) is 34.9 Å². The second kappa shape index (κ2) is 6.84. The molecule has 7 heteroatoms. The van der Waals surface area contributed by atoms with Gasteiger partial charge in [-0.2, -0.15) is 0 Å². The molecular formula is C21H28ClF2N3O. The highest BCUT2D eigenvalue weighted by atomic mass is 35.5. The van der Waals surface area contributed by atoms with Gasteiger partial charge in [0.1, 0.15) is 0 Å². The van der Waals surface area contributed by atoms with Crippen LogP contribution < -0.4 is 5.32 Å². The van der Waals surface area contributed by atoms with E-state index >= 15 is 0 Å². The van der Waals surface area contributed by atoms with Gasteiger partial charge in [-0.15, -0.1) is 0 Å². The Morgan fingerprint density at radius 2 is 1.89 bits per heavy atom. The second-order valence-corrected chi connectivity index (χ2v) is 9.80. The number of benzene rings is 1. The molecule has 3 aliphatic rings. The molecule has 3 heterocycles. The molecule has 0 aliphatic carbocycles. The number of likely N-dealkylation sites (tertiary alicyclic amines) is 2. The zero-order valence-electron chi connectivity index (χ0n) is 16.5. The average molecular weight is 412 g/mol. The van der Waals surface area contributed by atoms with Crippen molar-refractivity contribution in [1.82, 2.24) is 15.1 Å². The topological polar surface area (TPSA) is 35.6 Å². The molecule has 1 atom stereocenters. The Labute approximate surface area is 170 Å². The van der Waals surface area contributed by atoms with Crippen LogP contribution >= 0.6 is 11.6 Å². The molecule has 3 fully saturated rings. The van der Waals surface area contributed by atoms with Gasteiger partial charge in [0.2, 0.25) is 0 Å². The Balaban J connectivity index is 1.58. The van der Waals surface area contributed by atoms with Crippen molar-refractivity contribution in [2.24, 2.45) is 10.8 Å². The van der Waals surface area contributed by atoms with Gasteiger partial charge in [-0.3, -0.25) is 0 Å². The second-order valence-electron chi connectivity index (χ2n) is 9.39. The first-order chi connectivity index (χ1) is 13.1. The van der Waals surface area contributed by atoms with Gasteiger partial charge >= 0.3 is 6.03 Å². The van der Waals surface area contributed by atoms with Crippen molar-refractivity contribution in [2.45, 2.75) is 45.1 Å². The molecule has 0 aromatic heterocycles. The fourth-order valence-electron chi connectivity index (χ4n) is 4.79. The molecule has 28 heavy (non-hydrogen) atoms. The van der Waals surface area contributed by atoms with E-state index in [9.17, 15) is 13.6 Å². The number of nitrogens with zero attached hydrogens (tertiary/aromatic N) is 2. The number of hydrogen-bond acceptors (Lipinski definition) is 2. The summed E-state index contributed by atoms with van der Waals surface area (Å²) in [6.45, 7) is 5.47. The Bertz CT molecular complexity index is 766. The molecule has 3 aliphatic heterocycles. The molecular weight excluding hydrogens is 384 g/mol. The third kappa shape index (κ3) is 3.28. The lowest BCUT2D eigenvalue weighted by Gasteiger charge is -2.54. The van der Waals surface area contributed by atoms with Crippen LogP contribution in [0, 0.1) is 10.8 Å². The van der Waals surface area contributed by atoms with Crippen LogP contribution in [0.4, 0.5) is 13.6 Å². The minimum absolute atomic E-state index is 0.0636. The lowest BCUT2D eigenvalue weighted by molar-refractivity contribution is -0.182. The van der Waals surface area contributed by atoms with E-state index in [4.69, 9.17) is 11.6 Å². The smallest absolute Gasteiger partial charge is 0.319 e. The largest absolute Gasteiger partial charge is 0.320 e. The molecule has 0 saturated carbocycles. The van der Waals surface area contributed by atoms with E-state index in [1.165, 1.54) is 4.90 Å². The van der Waals surface area contributed by atoms with E-state index in [1.807, 2.05) is 24.3 Å². The quantitative estimate of drug-likeness (QED) is 0.735. The summed E-state index contributed by atoms with van der Waals surface area (Å²) in [5.41, 5.74) is -0.0158. The standard InChI is InChI=1S/C21H28ClF2N3O/c1-19(2)7-10-27(17(11-19)15-5-3-4-6-16(15)22)18(28)26-9-8-20(12-25-13-20)21(23,24)14-26/h3-6,17,25H,7-14H2,1-2H3. The van der Waals surface area contributed by atoms with Crippen LogP contribution in [0.1, 0.15) is 44.7 Å². The summed E-state index contributed by atoms with van der Waals surface area (Å²) in [7, 11) is 0. The Morgan fingerprint density at radius 3 is 2.50 bits per heavy atom. The van der Waals surface area contributed by atoms with Crippen LogP contribution in [-0.4, -0.2) is 54.5 Å². The minimum atomic E-state index is -2.86. The van der Waals surface area contributed by atoms with Crippen molar-refractivity contribution >= 4 is 17.6 Å². The fourth-order valence-corrected chi connectivity index (χ4v) is 5.05. The summed E-state index contributed by atoms with van der Waals surface area (Å²) in [5.74, 6) is -2.86. The summed E-state index contributed by atoms with van der Waals surface area (Å²) in [4.78, 5) is 16.4. The van der Waals surface area contributed by atoms with Gasteiger partial charge in [-0.25, -0.2) is 13.6 Å². The van der Waals surface area contributed by atoms with Crippen LogP contribution in [-0.2, 0) is 0 Å². The minimum Gasteiger partial charge on any atom is -0.319 e. The van der Waals surface area contributed by atoms with Gasteiger partial charge in [0, 0.05) is 31.2 Å². The highest BCUT2D eigenvalue weighted by Crippen LogP contribution is 2.48. The van der Waals surface area contributed by atoms with Gasteiger partial charge in [0.05, 0.1) is 18.0 Å². The van der Waals surface area contributed by atoms with E-state index in [-0.39, 0.29) is 17.5 Å². The number of rotatable bonds is 1. The van der Waals surface area contributed by atoms with E-state index < -0.39 is 17.9 Å². The summed E-state index contributed by atoms with van der Waals surface area (Å²) >= 11 is 6.44. The first-order valence-corrected chi connectivity index (χ1v) is 10.4. The maximum absolute atomic E-state index is 14.8. The number of amides is 2. The highest BCUT2D eigenvalue weighted by Gasteiger charge is 2.60. The maximum Gasteiger partial charge on any atom is 0.320 e. The Morgan fingerprint density at radius 1 is 1.18 bits per heavy atom. The number of halogens is 3. The Kier molecular flexibility index (Phi) is 4.86. The summed E-state index contributed by atoms with van der Waals surface area (Å²) in [5, 5.41) is 3.59. The molecule has 0 bridgehead atoms. The van der Waals surface area contributed by atoms with Gasteiger partial charge in [0.15, 0.2) is 0 Å². The van der Waals surface area contributed by atoms with Crippen molar-refractivity contribution < 1.29 is 13.6 Å². The first kappa shape index (κ1) is 19.9. The van der Waals surface area contributed by atoms with Crippen LogP contribution in [0.2, 0.25) is 5.02 Å². The van der Waals surface area contributed by atoms with Crippen LogP contribution in [0.3, 0.4) is 0 Å². The number of hydrogen-bond donors (Lipinski definition) is 1. The van der Waals surface area contributed by atoms with Crippen molar-refractivity contribution in [1.29, 1.82) is 0 Å². The molecule has 0 radical (unpaired) electrons. The van der Waals surface area contributed by atoms with E-state index in [1.54, 1.807) is 4.90 Å². The number of urea groups is 1. The summed E-state index contributed by atoms with van der Waals surface area (Å²) < 4.78 is 29.6. The molecule has 1 unspecified atom stereocenters. The molecule has 4 nitrogen and oxygen atoms in total. The molecule has 2 amide bonds. The van der Waals surface area contributed by atoms with Crippen LogP contribution in [0.15, 0.2) is 24.3 Å². The lowest BCUT2D eigenvalue weighted by atomic mass is 9.70. The maximum atomic E-state index is 14.8. The molecule has 1 N–H and O–H groups in total. The zero-order valence-corrected chi connectivity index (χ0v) is 17.2. The lowest BCUT2D eigenvalue weighted by Crippen LogP contribution is -2.70. The molecule has 1 aromatic carbocycles. The zero-order chi connectivity index (χ0) is 20.2. The van der Waals surface area contributed by atoms with E-state index in [0.717, 1.165) is 18.4 Å². The predicted octanol–water partition coefficient (Wildman–Crippen LogP) is 4.55. The predicted molar refractivity (Wildman–Crippen MR) is 106 cm³/mol. The molecule has 154 valence electrons. The molecule has 1 aromatic rings. The molecule has 3 saturated heterocycles. The van der Waals surface area contributed by atoms with Crippen molar-refractivity contribution in [3.8, 4) is 0 Å². The third-order valence-corrected chi connectivity index (χ3v) is 7.23. The summed E-state index contributed by atoms with van der Waals surface area (Å²) in [6, 6.07) is 7.05.